The number of hydrogen-bond acceptors (Lipinski definition) is 4. The van der Waals surface area contributed by atoms with E-state index in [4.69, 9.17) is 4.74 Å². The van der Waals surface area contributed by atoms with Gasteiger partial charge < -0.3 is 10.1 Å². The number of nitrogens with one attached hydrogen (secondary N) is 2. The number of aromatic amines is 1. The molecule has 3 aromatic rings. The minimum absolute atomic E-state index is 0.150. The van der Waals surface area contributed by atoms with E-state index in [9.17, 15) is 4.79 Å². The van der Waals surface area contributed by atoms with Crippen molar-refractivity contribution in [3.05, 3.63) is 66.1 Å². The summed E-state index contributed by atoms with van der Waals surface area (Å²) in [4.78, 5) is 16.3. The van der Waals surface area contributed by atoms with Crippen LogP contribution in [0.25, 0.3) is 11.3 Å². The number of carbonyl (C=O) groups is 1. The fourth-order valence-electron chi connectivity index (χ4n) is 2.73. The van der Waals surface area contributed by atoms with Gasteiger partial charge in [-0.2, -0.15) is 5.10 Å². The molecule has 0 atom stereocenters. The van der Waals surface area contributed by atoms with Crippen LogP contribution in [0.3, 0.4) is 0 Å². The van der Waals surface area contributed by atoms with E-state index in [-0.39, 0.29) is 5.91 Å². The van der Waals surface area contributed by atoms with Crippen LogP contribution < -0.4 is 10.1 Å². The van der Waals surface area contributed by atoms with Gasteiger partial charge in [0.25, 0.3) is 5.91 Å². The van der Waals surface area contributed by atoms with Crippen molar-refractivity contribution in [2.75, 3.05) is 13.7 Å². The average molecular weight is 350 g/mol. The van der Waals surface area contributed by atoms with E-state index in [2.05, 4.69) is 20.5 Å². The Hall–Kier alpha value is -3.15. The Bertz CT molecular complexity index is 846. The quantitative estimate of drug-likeness (QED) is 0.611. The molecule has 2 heterocycles. The fraction of sp³-hybridized carbons (Fsp3) is 0.250. The van der Waals surface area contributed by atoms with Crippen LogP contribution in [0.2, 0.25) is 0 Å². The topological polar surface area (TPSA) is 79.9 Å². The number of unbranched alkanes of at least 4 members (excludes halogenated alkanes) is 1. The van der Waals surface area contributed by atoms with Crippen LogP contribution in [-0.4, -0.2) is 34.7 Å². The molecule has 0 fully saturated rings. The number of aromatic nitrogens is 3. The second kappa shape index (κ2) is 8.80. The number of para-hydroxylation sites is 1. The lowest BCUT2D eigenvalue weighted by Gasteiger charge is -2.04. The molecule has 0 aliphatic carbocycles. The summed E-state index contributed by atoms with van der Waals surface area (Å²) < 4.78 is 5.34. The van der Waals surface area contributed by atoms with E-state index in [1.807, 2.05) is 36.4 Å². The maximum Gasteiger partial charge on any atom is 0.269 e. The van der Waals surface area contributed by atoms with Crippen LogP contribution in [0.1, 0.15) is 28.9 Å². The number of H-pyrrole nitrogens is 1. The number of pyridine rings is 1. The molecule has 1 amide bonds. The molecule has 0 aliphatic heterocycles. The minimum Gasteiger partial charge on any atom is -0.496 e. The molecule has 0 unspecified atom stereocenters. The van der Waals surface area contributed by atoms with E-state index in [1.165, 1.54) is 5.56 Å². The summed E-state index contributed by atoms with van der Waals surface area (Å²) in [6.45, 7) is 0.632. The number of ether oxygens (including phenoxy) is 1. The Labute approximate surface area is 152 Å². The first-order valence-electron chi connectivity index (χ1n) is 8.64. The van der Waals surface area contributed by atoms with Gasteiger partial charge in [0.15, 0.2) is 0 Å². The van der Waals surface area contributed by atoms with Crippen LogP contribution in [-0.2, 0) is 6.42 Å². The monoisotopic (exact) mass is 350 g/mol. The molecule has 26 heavy (non-hydrogen) atoms. The van der Waals surface area contributed by atoms with Crippen LogP contribution in [0.4, 0.5) is 0 Å². The van der Waals surface area contributed by atoms with Crippen LogP contribution in [0, 0.1) is 0 Å². The van der Waals surface area contributed by atoms with Crippen molar-refractivity contribution in [1.29, 1.82) is 0 Å². The molecule has 0 spiro atoms. The zero-order valence-electron chi connectivity index (χ0n) is 14.7. The summed E-state index contributed by atoms with van der Waals surface area (Å²) in [7, 11) is 1.62. The lowest BCUT2D eigenvalue weighted by Crippen LogP contribution is -2.24. The van der Waals surface area contributed by atoms with E-state index >= 15 is 0 Å². The third-order valence-electron chi connectivity index (χ3n) is 4.13. The fourth-order valence-corrected chi connectivity index (χ4v) is 2.73. The van der Waals surface area contributed by atoms with E-state index in [0.717, 1.165) is 30.6 Å². The van der Waals surface area contributed by atoms with Gasteiger partial charge in [0, 0.05) is 24.5 Å². The highest BCUT2D eigenvalue weighted by molar-refractivity contribution is 5.93. The molecule has 0 aliphatic rings. The number of aryl methyl sites for hydroxylation is 1. The van der Waals surface area contributed by atoms with Crippen molar-refractivity contribution >= 4 is 5.91 Å². The first-order chi connectivity index (χ1) is 12.8. The van der Waals surface area contributed by atoms with Crippen molar-refractivity contribution in [2.24, 2.45) is 0 Å². The highest BCUT2D eigenvalue weighted by Gasteiger charge is 2.13. The number of carbonyl (C=O) groups excluding carboxylic acids is 1. The summed E-state index contributed by atoms with van der Waals surface area (Å²) in [5, 5.41) is 9.95. The van der Waals surface area contributed by atoms with Crippen LogP contribution >= 0.6 is 0 Å². The molecule has 6 heteroatoms. The third-order valence-corrected chi connectivity index (χ3v) is 4.13. The van der Waals surface area contributed by atoms with Crippen molar-refractivity contribution in [3.63, 3.8) is 0 Å². The SMILES string of the molecule is COc1ccccc1-c1cc(C(=O)NCCCCc2ccncc2)[nH]n1. The normalized spacial score (nSPS) is 10.5. The Balaban J connectivity index is 1.49. The minimum atomic E-state index is -0.150. The molecule has 0 saturated heterocycles. The molecule has 0 bridgehead atoms. The van der Waals surface area contributed by atoms with Gasteiger partial charge in [-0.1, -0.05) is 12.1 Å². The zero-order chi connectivity index (χ0) is 18.2. The molecule has 6 nitrogen and oxygen atoms in total. The van der Waals surface area contributed by atoms with E-state index in [0.29, 0.717) is 17.9 Å². The Kier molecular flexibility index (Phi) is 5.98. The third kappa shape index (κ3) is 4.47. The first-order valence-corrected chi connectivity index (χ1v) is 8.64. The number of rotatable bonds is 8. The molecule has 3 rings (SSSR count). The smallest absolute Gasteiger partial charge is 0.269 e. The lowest BCUT2D eigenvalue weighted by atomic mass is 10.1. The van der Waals surface area contributed by atoms with Gasteiger partial charge in [0.1, 0.15) is 11.4 Å². The Morgan fingerprint density at radius 1 is 1.15 bits per heavy atom. The molecule has 2 aromatic heterocycles. The number of nitrogens with zero attached hydrogens (tertiary/aromatic N) is 2. The molecule has 0 radical (unpaired) electrons. The second-order valence-electron chi connectivity index (χ2n) is 5.94. The molecule has 2 N–H and O–H groups in total. The number of hydrogen-bond donors (Lipinski definition) is 2. The standard InChI is InChI=1S/C20H22N4O2/c1-26-19-8-3-2-7-16(19)17-14-18(24-23-17)20(25)22-11-5-4-6-15-9-12-21-13-10-15/h2-3,7-10,12-14H,4-6,11H2,1H3,(H,22,25)(H,23,24). The van der Waals surface area contributed by atoms with Crippen LogP contribution in [0.5, 0.6) is 5.75 Å². The van der Waals surface area contributed by atoms with Gasteiger partial charge in [0.2, 0.25) is 0 Å². The van der Waals surface area contributed by atoms with Gasteiger partial charge in [-0.3, -0.25) is 14.9 Å². The molecule has 0 saturated carbocycles. The highest BCUT2D eigenvalue weighted by atomic mass is 16.5. The van der Waals surface area contributed by atoms with Gasteiger partial charge >= 0.3 is 0 Å². The predicted molar refractivity (Wildman–Crippen MR) is 100 cm³/mol. The summed E-state index contributed by atoms with van der Waals surface area (Å²) in [6.07, 6.45) is 6.52. The maximum absolute atomic E-state index is 12.3. The van der Waals surface area contributed by atoms with E-state index in [1.54, 1.807) is 25.6 Å². The van der Waals surface area contributed by atoms with Crippen molar-refractivity contribution < 1.29 is 9.53 Å². The Morgan fingerprint density at radius 2 is 1.96 bits per heavy atom. The molecule has 134 valence electrons. The van der Waals surface area contributed by atoms with Gasteiger partial charge in [-0.05, 0) is 55.2 Å². The van der Waals surface area contributed by atoms with E-state index < -0.39 is 0 Å². The Morgan fingerprint density at radius 3 is 2.77 bits per heavy atom. The number of methoxy groups -OCH3 is 1. The van der Waals surface area contributed by atoms with Gasteiger partial charge in [-0.25, -0.2) is 0 Å². The first kappa shape index (κ1) is 17.7. The number of amides is 1. The summed E-state index contributed by atoms with van der Waals surface area (Å²) in [6, 6.07) is 13.4. The summed E-state index contributed by atoms with van der Waals surface area (Å²) >= 11 is 0. The second-order valence-corrected chi connectivity index (χ2v) is 5.94. The zero-order valence-corrected chi connectivity index (χ0v) is 14.7. The summed E-state index contributed by atoms with van der Waals surface area (Å²) in [5.74, 6) is 0.574. The average Bonchev–Trinajstić information content (AvgIpc) is 3.18. The predicted octanol–water partition coefficient (Wildman–Crippen LogP) is 3.23. The number of benzene rings is 1. The largest absolute Gasteiger partial charge is 0.496 e. The van der Waals surface area contributed by atoms with Crippen molar-refractivity contribution in [3.8, 4) is 17.0 Å². The molecular weight excluding hydrogens is 328 g/mol. The maximum atomic E-state index is 12.3. The molecule has 1 aromatic carbocycles. The highest BCUT2D eigenvalue weighted by Crippen LogP contribution is 2.28. The van der Waals surface area contributed by atoms with Crippen molar-refractivity contribution in [1.82, 2.24) is 20.5 Å². The summed E-state index contributed by atoms with van der Waals surface area (Å²) in [5.41, 5.74) is 3.24. The molecular formula is C20H22N4O2. The van der Waals surface area contributed by atoms with Gasteiger partial charge in [-0.15, -0.1) is 0 Å². The lowest BCUT2D eigenvalue weighted by molar-refractivity contribution is 0.0948. The van der Waals surface area contributed by atoms with Crippen LogP contribution in [0.15, 0.2) is 54.9 Å². The van der Waals surface area contributed by atoms with Gasteiger partial charge in [0.05, 0.1) is 12.8 Å². The van der Waals surface area contributed by atoms with Crippen molar-refractivity contribution in [2.45, 2.75) is 19.3 Å².